The molecule has 6 nitrogen and oxygen atoms in total. The standard InChI is InChI=1S/C22H25ClN2O4S3/c1-3-24(4-2)31(26,27)20-11-13-21(14-12-20)32(28,29)25(17-19-9-7-15-30-19)16-18-8-5-6-10-22(18)23/h5-15H,3-4,16-17H2,1-2H3. The maximum absolute atomic E-state index is 13.5. The second-order valence-electron chi connectivity index (χ2n) is 7.00. The zero-order chi connectivity index (χ0) is 23.4. The Bertz CT molecular complexity index is 1240. The predicted octanol–water partition coefficient (Wildman–Crippen LogP) is 4.82. The van der Waals surface area contributed by atoms with Gasteiger partial charge in [0.05, 0.1) is 9.79 Å². The zero-order valence-electron chi connectivity index (χ0n) is 17.8. The highest BCUT2D eigenvalue weighted by Gasteiger charge is 2.27. The van der Waals surface area contributed by atoms with Crippen molar-refractivity contribution >= 4 is 43.0 Å². The van der Waals surface area contributed by atoms with E-state index in [4.69, 9.17) is 11.6 Å². The van der Waals surface area contributed by atoms with Crippen molar-refractivity contribution in [3.05, 3.63) is 81.5 Å². The number of sulfonamides is 2. The molecule has 1 heterocycles. The molecule has 0 fully saturated rings. The second kappa shape index (κ2) is 10.5. The molecule has 1 aromatic heterocycles. The Kier molecular flexibility index (Phi) is 8.13. The molecule has 0 aliphatic carbocycles. The molecule has 0 aliphatic heterocycles. The van der Waals surface area contributed by atoms with Gasteiger partial charge in [0.2, 0.25) is 20.0 Å². The van der Waals surface area contributed by atoms with Gasteiger partial charge in [0.25, 0.3) is 0 Å². The van der Waals surface area contributed by atoms with Crippen LogP contribution in [0.4, 0.5) is 0 Å². The highest BCUT2D eigenvalue weighted by atomic mass is 35.5. The Labute approximate surface area is 199 Å². The summed E-state index contributed by atoms with van der Waals surface area (Å²) in [4.78, 5) is 0.983. The second-order valence-corrected chi connectivity index (χ2v) is 12.3. The van der Waals surface area contributed by atoms with E-state index < -0.39 is 20.0 Å². The molecule has 0 N–H and O–H groups in total. The van der Waals surface area contributed by atoms with E-state index >= 15 is 0 Å². The van der Waals surface area contributed by atoms with Crippen LogP contribution in [-0.4, -0.2) is 38.5 Å². The van der Waals surface area contributed by atoms with Gasteiger partial charge in [-0.2, -0.15) is 8.61 Å². The average Bonchev–Trinajstić information content (AvgIpc) is 3.29. The average molecular weight is 513 g/mol. The maximum Gasteiger partial charge on any atom is 0.243 e. The van der Waals surface area contributed by atoms with Crippen molar-refractivity contribution in [3.63, 3.8) is 0 Å². The summed E-state index contributed by atoms with van der Waals surface area (Å²) in [5.41, 5.74) is 0.690. The fourth-order valence-electron chi connectivity index (χ4n) is 3.26. The highest BCUT2D eigenvalue weighted by Crippen LogP contribution is 2.27. The highest BCUT2D eigenvalue weighted by molar-refractivity contribution is 7.89. The molecule has 172 valence electrons. The van der Waals surface area contributed by atoms with Gasteiger partial charge in [-0.3, -0.25) is 0 Å². The number of thiophene rings is 1. The van der Waals surface area contributed by atoms with E-state index in [0.29, 0.717) is 23.7 Å². The lowest BCUT2D eigenvalue weighted by Gasteiger charge is -2.23. The van der Waals surface area contributed by atoms with Crippen LogP contribution in [0.25, 0.3) is 0 Å². The van der Waals surface area contributed by atoms with Crippen LogP contribution in [0.3, 0.4) is 0 Å². The quantitative estimate of drug-likeness (QED) is 0.390. The molecule has 0 spiro atoms. The van der Waals surface area contributed by atoms with Crippen molar-refractivity contribution in [2.75, 3.05) is 13.1 Å². The summed E-state index contributed by atoms with van der Waals surface area (Å²) >= 11 is 7.75. The van der Waals surface area contributed by atoms with Crippen molar-refractivity contribution < 1.29 is 16.8 Å². The first-order valence-electron chi connectivity index (χ1n) is 10.1. The summed E-state index contributed by atoms with van der Waals surface area (Å²) in [6.45, 7) is 4.48. The molecule has 32 heavy (non-hydrogen) atoms. The van der Waals surface area contributed by atoms with Crippen LogP contribution in [0.1, 0.15) is 24.3 Å². The molecule has 0 bridgehead atoms. The Morgan fingerprint density at radius 2 is 1.31 bits per heavy atom. The van der Waals surface area contributed by atoms with Crippen molar-refractivity contribution in [2.24, 2.45) is 0 Å². The molecule has 0 saturated heterocycles. The molecule has 0 unspecified atom stereocenters. The Hall–Kier alpha value is -1.75. The van der Waals surface area contributed by atoms with Gasteiger partial charge in [-0.15, -0.1) is 11.3 Å². The van der Waals surface area contributed by atoms with Gasteiger partial charge >= 0.3 is 0 Å². The molecule has 0 aliphatic rings. The van der Waals surface area contributed by atoms with Gasteiger partial charge in [0.1, 0.15) is 0 Å². The summed E-state index contributed by atoms with van der Waals surface area (Å²) in [6.07, 6.45) is 0. The summed E-state index contributed by atoms with van der Waals surface area (Å²) in [5.74, 6) is 0. The Morgan fingerprint density at radius 1 is 0.750 bits per heavy atom. The van der Waals surface area contributed by atoms with E-state index in [9.17, 15) is 16.8 Å². The van der Waals surface area contributed by atoms with Crippen LogP contribution in [0.2, 0.25) is 5.02 Å². The van der Waals surface area contributed by atoms with Crippen molar-refractivity contribution in [1.29, 1.82) is 0 Å². The number of halogens is 1. The zero-order valence-corrected chi connectivity index (χ0v) is 21.0. The third kappa shape index (κ3) is 5.41. The van der Waals surface area contributed by atoms with E-state index in [1.54, 1.807) is 32.0 Å². The van der Waals surface area contributed by atoms with Crippen molar-refractivity contribution in [2.45, 2.75) is 36.7 Å². The van der Waals surface area contributed by atoms with Crippen molar-refractivity contribution in [1.82, 2.24) is 8.61 Å². The van der Waals surface area contributed by atoms with Crippen LogP contribution >= 0.6 is 22.9 Å². The number of hydrogen-bond donors (Lipinski definition) is 0. The lowest BCUT2D eigenvalue weighted by Crippen LogP contribution is -2.31. The molecule has 3 rings (SSSR count). The lowest BCUT2D eigenvalue weighted by molar-refractivity contribution is 0.404. The van der Waals surface area contributed by atoms with Gasteiger partial charge in [-0.25, -0.2) is 16.8 Å². The van der Waals surface area contributed by atoms with E-state index in [1.165, 1.54) is 44.2 Å². The fraction of sp³-hybridized carbons (Fsp3) is 0.273. The Balaban J connectivity index is 1.96. The summed E-state index contributed by atoms with van der Waals surface area (Å²) in [7, 11) is -7.58. The van der Waals surface area contributed by atoms with Gasteiger partial charge in [0.15, 0.2) is 0 Å². The minimum absolute atomic E-state index is 0.0274. The first kappa shape index (κ1) is 24.9. The topological polar surface area (TPSA) is 74.8 Å². The summed E-state index contributed by atoms with van der Waals surface area (Å²) in [6, 6.07) is 16.2. The lowest BCUT2D eigenvalue weighted by atomic mass is 10.2. The molecule has 0 radical (unpaired) electrons. The van der Waals surface area contributed by atoms with E-state index in [1.807, 2.05) is 23.6 Å². The van der Waals surface area contributed by atoms with Crippen molar-refractivity contribution in [3.8, 4) is 0 Å². The van der Waals surface area contributed by atoms with Crippen LogP contribution in [0.15, 0.2) is 75.8 Å². The molecule has 10 heteroatoms. The molecule has 3 aromatic rings. The third-order valence-corrected chi connectivity index (χ3v) is 10.1. The number of hydrogen-bond acceptors (Lipinski definition) is 5. The van der Waals surface area contributed by atoms with Gasteiger partial charge in [-0.05, 0) is 47.3 Å². The smallest absolute Gasteiger partial charge is 0.207 e. The van der Waals surface area contributed by atoms with E-state index in [0.717, 1.165) is 4.88 Å². The van der Waals surface area contributed by atoms with Crippen LogP contribution in [0.5, 0.6) is 0 Å². The minimum atomic E-state index is -3.91. The SMILES string of the molecule is CCN(CC)S(=O)(=O)c1ccc(S(=O)(=O)N(Cc2cccs2)Cc2ccccc2Cl)cc1. The van der Waals surface area contributed by atoms with Gasteiger partial charge in [0, 0.05) is 36.1 Å². The van der Waals surface area contributed by atoms with Crippen LogP contribution in [0, 0.1) is 0 Å². The fourth-order valence-corrected chi connectivity index (χ4v) is 7.11. The van der Waals surface area contributed by atoms with Gasteiger partial charge in [-0.1, -0.05) is 49.7 Å². The summed E-state index contributed by atoms with van der Waals surface area (Å²) < 4.78 is 55.2. The molecule has 2 aromatic carbocycles. The van der Waals surface area contributed by atoms with Crippen LogP contribution < -0.4 is 0 Å². The van der Waals surface area contributed by atoms with Gasteiger partial charge < -0.3 is 0 Å². The monoisotopic (exact) mass is 512 g/mol. The molecular formula is C22H25ClN2O4S3. The van der Waals surface area contributed by atoms with Crippen LogP contribution in [-0.2, 0) is 33.1 Å². The summed E-state index contributed by atoms with van der Waals surface area (Å²) in [5, 5.41) is 2.38. The number of benzene rings is 2. The molecular weight excluding hydrogens is 488 g/mol. The largest absolute Gasteiger partial charge is 0.243 e. The first-order valence-corrected chi connectivity index (χ1v) is 14.2. The molecule has 0 amide bonds. The number of rotatable bonds is 10. The molecule has 0 saturated carbocycles. The minimum Gasteiger partial charge on any atom is -0.207 e. The Morgan fingerprint density at radius 3 is 1.81 bits per heavy atom. The normalized spacial score (nSPS) is 12.5. The maximum atomic E-state index is 13.5. The van der Waals surface area contributed by atoms with E-state index in [-0.39, 0.29) is 22.9 Å². The predicted molar refractivity (Wildman–Crippen MR) is 129 cm³/mol. The first-order chi connectivity index (χ1) is 15.2. The molecule has 0 atom stereocenters. The number of nitrogens with zero attached hydrogens (tertiary/aromatic N) is 2. The third-order valence-electron chi connectivity index (χ3n) is 5.02. The van der Waals surface area contributed by atoms with E-state index in [2.05, 4.69) is 0 Å².